The normalized spacial score (nSPS) is 13.4. The van der Waals surface area contributed by atoms with Crippen LogP contribution in [0.4, 0.5) is 13.2 Å². The van der Waals surface area contributed by atoms with Crippen LogP contribution in [0.15, 0.2) is 35.6 Å². The van der Waals surface area contributed by atoms with Crippen LogP contribution in [-0.2, 0) is 6.18 Å². The Balaban J connectivity index is 2.05. The van der Waals surface area contributed by atoms with Crippen molar-refractivity contribution in [1.29, 1.82) is 0 Å². The molecule has 0 bridgehead atoms. The Hall–Kier alpha value is -2.71. The molecule has 6 nitrogen and oxygen atoms in total. The SMILES string of the molecule is CCC(c1ccc(C(F)(F)F)nc1)n1ncc2c(=O)[nH]cnc21. The number of pyridine rings is 1. The molecule has 0 aliphatic heterocycles. The van der Waals surface area contributed by atoms with E-state index < -0.39 is 11.9 Å². The zero-order valence-electron chi connectivity index (χ0n) is 12.0. The van der Waals surface area contributed by atoms with Crippen molar-refractivity contribution in [3.05, 3.63) is 52.5 Å². The topological polar surface area (TPSA) is 76.5 Å². The quantitative estimate of drug-likeness (QED) is 0.803. The monoisotopic (exact) mass is 323 g/mol. The Bertz CT molecular complexity index is 882. The Labute approximate surface area is 128 Å². The molecule has 1 atom stereocenters. The Morgan fingerprint density at radius 2 is 2.04 bits per heavy atom. The summed E-state index contributed by atoms with van der Waals surface area (Å²) in [5.74, 6) is 0. The van der Waals surface area contributed by atoms with E-state index in [-0.39, 0.29) is 11.6 Å². The van der Waals surface area contributed by atoms with Gasteiger partial charge in [0.1, 0.15) is 11.1 Å². The number of aromatic amines is 1. The van der Waals surface area contributed by atoms with Crippen LogP contribution in [-0.4, -0.2) is 24.7 Å². The van der Waals surface area contributed by atoms with Gasteiger partial charge in [-0.15, -0.1) is 0 Å². The molecular formula is C14H12F3N5O. The fourth-order valence-electron chi connectivity index (χ4n) is 2.42. The molecule has 9 heteroatoms. The smallest absolute Gasteiger partial charge is 0.312 e. The largest absolute Gasteiger partial charge is 0.433 e. The van der Waals surface area contributed by atoms with Crippen molar-refractivity contribution in [1.82, 2.24) is 24.7 Å². The summed E-state index contributed by atoms with van der Waals surface area (Å²) in [5.41, 5.74) is -0.328. The molecule has 3 rings (SSSR count). The Morgan fingerprint density at radius 3 is 2.65 bits per heavy atom. The zero-order chi connectivity index (χ0) is 16.6. The van der Waals surface area contributed by atoms with Gasteiger partial charge in [0.15, 0.2) is 5.65 Å². The number of alkyl halides is 3. The first-order valence-electron chi connectivity index (χ1n) is 6.86. The third-order valence-electron chi connectivity index (χ3n) is 3.54. The average Bonchev–Trinajstić information content (AvgIpc) is 2.93. The van der Waals surface area contributed by atoms with Crippen molar-refractivity contribution in [2.45, 2.75) is 25.6 Å². The Kier molecular flexibility index (Phi) is 3.63. The second-order valence-corrected chi connectivity index (χ2v) is 4.96. The van der Waals surface area contributed by atoms with Crippen molar-refractivity contribution < 1.29 is 13.2 Å². The average molecular weight is 323 g/mol. The van der Waals surface area contributed by atoms with Gasteiger partial charge in [0.05, 0.1) is 18.6 Å². The van der Waals surface area contributed by atoms with E-state index in [2.05, 4.69) is 20.1 Å². The molecule has 0 fully saturated rings. The third kappa shape index (κ3) is 2.69. The van der Waals surface area contributed by atoms with Crippen LogP contribution < -0.4 is 5.56 Å². The molecule has 0 aliphatic rings. The van der Waals surface area contributed by atoms with E-state index in [0.717, 1.165) is 6.07 Å². The number of nitrogens with zero attached hydrogens (tertiary/aromatic N) is 4. The molecule has 3 heterocycles. The van der Waals surface area contributed by atoms with Crippen LogP contribution in [0, 0.1) is 0 Å². The van der Waals surface area contributed by atoms with Crippen LogP contribution >= 0.6 is 0 Å². The van der Waals surface area contributed by atoms with E-state index in [4.69, 9.17) is 0 Å². The predicted octanol–water partition coefficient (Wildman–Crippen LogP) is 2.53. The van der Waals surface area contributed by atoms with Crippen LogP contribution in [0.25, 0.3) is 11.0 Å². The van der Waals surface area contributed by atoms with Crippen LogP contribution in [0.3, 0.4) is 0 Å². The number of hydrogen-bond acceptors (Lipinski definition) is 4. The maximum Gasteiger partial charge on any atom is 0.433 e. The molecular weight excluding hydrogens is 311 g/mol. The minimum atomic E-state index is -4.48. The van der Waals surface area contributed by atoms with Crippen molar-refractivity contribution in [3.63, 3.8) is 0 Å². The van der Waals surface area contributed by atoms with Gasteiger partial charge in [-0.3, -0.25) is 9.78 Å². The second-order valence-electron chi connectivity index (χ2n) is 4.96. The predicted molar refractivity (Wildman–Crippen MR) is 75.8 cm³/mol. The first kappa shape index (κ1) is 15.2. The lowest BCUT2D eigenvalue weighted by molar-refractivity contribution is -0.141. The van der Waals surface area contributed by atoms with E-state index in [9.17, 15) is 18.0 Å². The summed E-state index contributed by atoms with van der Waals surface area (Å²) >= 11 is 0. The molecule has 0 aromatic carbocycles. The summed E-state index contributed by atoms with van der Waals surface area (Å²) in [6, 6.07) is 1.94. The summed E-state index contributed by atoms with van der Waals surface area (Å²) in [6.07, 6.45) is -0.0919. The molecule has 0 saturated carbocycles. The lowest BCUT2D eigenvalue weighted by atomic mass is 10.1. The number of hydrogen-bond donors (Lipinski definition) is 1. The number of nitrogens with one attached hydrogen (secondary N) is 1. The van der Waals surface area contributed by atoms with Gasteiger partial charge >= 0.3 is 6.18 Å². The fourth-order valence-corrected chi connectivity index (χ4v) is 2.42. The lowest BCUT2D eigenvalue weighted by Gasteiger charge is -2.17. The summed E-state index contributed by atoms with van der Waals surface area (Å²) in [7, 11) is 0. The van der Waals surface area contributed by atoms with Crippen LogP contribution in [0.2, 0.25) is 0 Å². The first-order valence-corrected chi connectivity index (χ1v) is 6.86. The highest BCUT2D eigenvalue weighted by Gasteiger charge is 2.32. The maximum absolute atomic E-state index is 12.6. The van der Waals surface area contributed by atoms with Crippen molar-refractivity contribution in [2.24, 2.45) is 0 Å². The van der Waals surface area contributed by atoms with Crippen molar-refractivity contribution >= 4 is 11.0 Å². The number of rotatable bonds is 3. The molecule has 3 aromatic heterocycles. The lowest BCUT2D eigenvalue weighted by Crippen LogP contribution is -2.15. The van der Waals surface area contributed by atoms with Crippen LogP contribution in [0.1, 0.15) is 30.6 Å². The molecule has 1 unspecified atom stereocenters. The highest BCUT2D eigenvalue weighted by molar-refractivity contribution is 5.73. The maximum atomic E-state index is 12.6. The summed E-state index contributed by atoms with van der Waals surface area (Å²) in [6.45, 7) is 1.86. The van der Waals surface area contributed by atoms with Crippen LogP contribution in [0.5, 0.6) is 0 Å². The standard InChI is InChI=1S/C14H12F3N5O/c1-2-10(8-3-4-11(18-5-8)14(15,16)17)22-12-9(6-21-22)13(23)20-7-19-12/h3-7,10H,2H2,1H3,(H,19,20,23). The van der Waals surface area contributed by atoms with Gasteiger partial charge in [-0.1, -0.05) is 13.0 Å². The van der Waals surface area contributed by atoms with Gasteiger partial charge in [0, 0.05) is 6.20 Å². The number of halogens is 3. The molecule has 0 aliphatic carbocycles. The molecule has 0 radical (unpaired) electrons. The summed E-state index contributed by atoms with van der Waals surface area (Å²) in [5, 5.41) is 4.48. The van der Waals surface area contributed by atoms with Gasteiger partial charge in [-0.25, -0.2) is 9.67 Å². The Morgan fingerprint density at radius 1 is 1.26 bits per heavy atom. The van der Waals surface area contributed by atoms with Gasteiger partial charge in [0.2, 0.25) is 0 Å². The van der Waals surface area contributed by atoms with E-state index >= 15 is 0 Å². The molecule has 0 spiro atoms. The van der Waals surface area contributed by atoms with Gasteiger partial charge in [0.25, 0.3) is 5.56 Å². The van der Waals surface area contributed by atoms with E-state index in [0.29, 0.717) is 23.0 Å². The number of H-pyrrole nitrogens is 1. The van der Waals surface area contributed by atoms with Crippen molar-refractivity contribution in [3.8, 4) is 0 Å². The minimum Gasteiger partial charge on any atom is -0.312 e. The first-order chi connectivity index (χ1) is 10.9. The van der Waals surface area contributed by atoms with Gasteiger partial charge in [-0.2, -0.15) is 18.3 Å². The van der Waals surface area contributed by atoms with E-state index in [1.165, 1.54) is 29.5 Å². The fraction of sp³-hybridized carbons (Fsp3) is 0.286. The molecule has 120 valence electrons. The van der Waals surface area contributed by atoms with E-state index in [1.54, 1.807) is 0 Å². The molecule has 3 aromatic rings. The van der Waals surface area contributed by atoms with Gasteiger partial charge < -0.3 is 4.98 Å². The molecule has 23 heavy (non-hydrogen) atoms. The summed E-state index contributed by atoms with van der Waals surface area (Å²) < 4.78 is 39.3. The van der Waals surface area contributed by atoms with Gasteiger partial charge in [-0.05, 0) is 18.1 Å². The minimum absolute atomic E-state index is 0.318. The molecule has 1 N–H and O–H groups in total. The highest BCUT2D eigenvalue weighted by Crippen LogP contribution is 2.29. The molecule has 0 amide bonds. The van der Waals surface area contributed by atoms with Crippen molar-refractivity contribution in [2.75, 3.05) is 0 Å². The highest BCUT2D eigenvalue weighted by atomic mass is 19.4. The third-order valence-corrected chi connectivity index (χ3v) is 3.54. The molecule has 0 saturated heterocycles. The summed E-state index contributed by atoms with van der Waals surface area (Å²) in [4.78, 5) is 21.7. The number of aromatic nitrogens is 5. The number of fused-ring (bicyclic) bond motifs is 1. The second kappa shape index (κ2) is 5.49. The zero-order valence-corrected chi connectivity index (χ0v) is 12.0. The van der Waals surface area contributed by atoms with E-state index in [1.807, 2.05) is 6.92 Å².